The molecule has 1 N–H and O–H groups in total. The van der Waals surface area contributed by atoms with Crippen molar-refractivity contribution < 1.29 is 0 Å². The lowest BCUT2D eigenvalue weighted by atomic mass is 10.1. The fraction of sp³-hybridized carbons (Fsp3) is 0.706. The highest BCUT2D eigenvalue weighted by molar-refractivity contribution is 6.31. The van der Waals surface area contributed by atoms with Crippen molar-refractivity contribution >= 4 is 17.4 Å². The van der Waals surface area contributed by atoms with Gasteiger partial charge in [0.05, 0.1) is 5.02 Å². The van der Waals surface area contributed by atoms with Gasteiger partial charge < -0.3 is 10.2 Å². The lowest BCUT2D eigenvalue weighted by Gasteiger charge is -2.25. The summed E-state index contributed by atoms with van der Waals surface area (Å²) < 4.78 is 0. The summed E-state index contributed by atoms with van der Waals surface area (Å²) in [5.41, 5.74) is 1.13. The summed E-state index contributed by atoms with van der Waals surface area (Å²) in [6, 6.07) is 2.13. The van der Waals surface area contributed by atoms with Gasteiger partial charge in [-0.3, -0.25) is 0 Å². The zero-order valence-electron chi connectivity index (χ0n) is 14.1. The average molecular weight is 312 g/mol. The van der Waals surface area contributed by atoms with Crippen LogP contribution >= 0.6 is 11.6 Å². The number of hydrogen-bond acceptors (Lipinski definition) is 3. The number of aromatic nitrogens is 1. The summed E-state index contributed by atoms with van der Waals surface area (Å²) >= 11 is 6.27. The molecular weight excluding hydrogens is 282 g/mol. The van der Waals surface area contributed by atoms with Crippen LogP contribution in [0.5, 0.6) is 0 Å². The molecule has 0 amide bonds. The van der Waals surface area contributed by atoms with Crippen LogP contribution in [0, 0.1) is 11.8 Å². The number of nitrogens with one attached hydrogen (secondary N) is 1. The summed E-state index contributed by atoms with van der Waals surface area (Å²) in [6.07, 6.45) is 2.97. The number of halogens is 1. The van der Waals surface area contributed by atoms with Crippen molar-refractivity contribution in [3.63, 3.8) is 0 Å². The molecule has 1 aromatic rings. The van der Waals surface area contributed by atoms with Gasteiger partial charge in [-0.15, -0.1) is 0 Å². The van der Waals surface area contributed by atoms with Crippen LogP contribution in [0.3, 0.4) is 0 Å². The van der Waals surface area contributed by atoms with E-state index in [9.17, 15) is 0 Å². The maximum absolute atomic E-state index is 6.27. The van der Waals surface area contributed by atoms with Gasteiger partial charge in [-0.2, -0.15) is 0 Å². The van der Waals surface area contributed by atoms with Crippen LogP contribution in [0.1, 0.15) is 46.6 Å². The van der Waals surface area contributed by atoms with Gasteiger partial charge in [0.25, 0.3) is 0 Å². The Bertz CT molecular complexity index is 420. The van der Waals surface area contributed by atoms with Crippen molar-refractivity contribution in [2.45, 2.75) is 47.6 Å². The van der Waals surface area contributed by atoms with Gasteiger partial charge in [-0.1, -0.05) is 45.7 Å². The molecule has 120 valence electrons. The first-order valence-corrected chi connectivity index (χ1v) is 8.45. The molecule has 1 unspecified atom stereocenters. The standard InChI is InChI=1S/C17H30ClN3/c1-6-14(5)12-21(7-2)17-8-15(16(18)11-20-17)10-19-9-13(3)4/h8,11,13-14,19H,6-7,9-10,12H2,1-5H3. The Labute approximate surface area is 135 Å². The van der Waals surface area contributed by atoms with E-state index in [0.29, 0.717) is 11.8 Å². The maximum atomic E-state index is 6.27. The molecule has 1 rings (SSSR count). The summed E-state index contributed by atoms with van der Waals surface area (Å²) in [5, 5.41) is 4.19. The molecule has 3 nitrogen and oxygen atoms in total. The Kier molecular flexibility index (Phi) is 8.05. The third-order valence-electron chi connectivity index (χ3n) is 3.72. The monoisotopic (exact) mass is 311 g/mol. The Morgan fingerprint density at radius 1 is 1.29 bits per heavy atom. The predicted octanol–water partition coefficient (Wildman–Crippen LogP) is 4.35. The molecule has 0 aliphatic heterocycles. The van der Waals surface area contributed by atoms with Crippen molar-refractivity contribution in [2.75, 3.05) is 24.5 Å². The minimum absolute atomic E-state index is 0.641. The van der Waals surface area contributed by atoms with Crippen molar-refractivity contribution in [3.8, 4) is 0 Å². The van der Waals surface area contributed by atoms with Crippen LogP contribution in [0.15, 0.2) is 12.3 Å². The molecule has 4 heteroatoms. The van der Waals surface area contributed by atoms with Gasteiger partial charge in [0.2, 0.25) is 0 Å². The van der Waals surface area contributed by atoms with E-state index in [-0.39, 0.29) is 0 Å². The molecular formula is C17H30ClN3. The quantitative estimate of drug-likeness (QED) is 0.734. The van der Waals surface area contributed by atoms with E-state index in [1.807, 2.05) is 0 Å². The van der Waals surface area contributed by atoms with E-state index in [1.165, 1.54) is 6.42 Å². The predicted molar refractivity (Wildman–Crippen MR) is 93.1 cm³/mol. The third kappa shape index (κ3) is 6.23. The molecule has 0 saturated carbocycles. The minimum atomic E-state index is 0.641. The van der Waals surface area contributed by atoms with Crippen LogP contribution in [-0.4, -0.2) is 24.6 Å². The van der Waals surface area contributed by atoms with Gasteiger partial charge >= 0.3 is 0 Å². The third-order valence-corrected chi connectivity index (χ3v) is 4.06. The molecule has 0 radical (unpaired) electrons. The van der Waals surface area contributed by atoms with Crippen LogP contribution in [-0.2, 0) is 6.54 Å². The van der Waals surface area contributed by atoms with Gasteiger partial charge in [0.1, 0.15) is 5.82 Å². The van der Waals surface area contributed by atoms with Crippen LogP contribution in [0.25, 0.3) is 0 Å². The van der Waals surface area contributed by atoms with Crippen molar-refractivity contribution in [3.05, 3.63) is 22.8 Å². The summed E-state index contributed by atoms with van der Waals surface area (Å²) in [7, 11) is 0. The maximum Gasteiger partial charge on any atom is 0.128 e. The molecule has 1 atom stereocenters. The highest BCUT2D eigenvalue weighted by Crippen LogP contribution is 2.21. The van der Waals surface area contributed by atoms with Gasteiger partial charge in [0.15, 0.2) is 0 Å². The molecule has 0 bridgehead atoms. The molecule has 1 heterocycles. The SMILES string of the molecule is CCC(C)CN(CC)c1cc(CNCC(C)C)c(Cl)cn1. The summed E-state index contributed by atoms with van der Waals surface area (Å²) in [6.45, 7) is 14.9. The second-order valence-corrected chi connectivity index (χ2v) is 6.62. The highest BCUT2D eigenvalue weighted by Gasteiger charge is 2.12. The van der Waals surface area contributed by atoms with E-state index in [1.54, 1.807) is 6.20 Å². The number of hydrogen-bond donors (Lipinski definition) is 1. The average Bonchev–Trinajstić information content (AvgIpc) is 2.46. The topological polar surface area (TPSA) is 28.2 Å². The molecule has 1 aromatic heterocycles. The van der Waals surface area contributed by atoms with E-state index in [2.05, 4.69) is 55.9 Å². The molecule has 0 aliphatic carbocycles. The number of pyridine rings is 1. The molecule has 0 aromatic carbocycles. The van der Waals surface area contributed by atoms with E-state index >= 15 is 0 Å². The zero-order chi connectivity index (χ0) is 15.8. The smallest absolute Gasteiger partial charge is 0.128 e. The molecule has 0 aliphatic rings. The van der Waals surface area contributed by atoms with Crippen molar-refractivity contribution in [1.82, 2.24) is 10.3 Å². The Morgan fingerprint density at radius 2 is 2.00 bits per heavy atom. The second kappa shape index (κ2) is 9.26. The number of nitrogens with zero attached hydrogens (tertiary/aromatic N) is 2. The minimum Gasteiger partial charge on any atom is -0.357 e. The lowest BCUT2D eigenvalue weighted by molar-refractivity contribution is 0.543. The van der Waals surface area contributed by atoms with Gasteiger partial charge in [-0.25, -0.2) is 4.98 Å². The largest absolute Gasteiger partial charge is 0.357 e. The van der Waals surface area contributed by atoms with Crippen molar-refractivity contribution in [2.24, 2.45) is 11.8 Å². The van der Waals surface area contributed by atoms with Crippen molar-refractivity contribution in [1.29, 1.82) is 0 Å². The second-order valence-electron chi connectivity index (χ2n) is 6.21. The first kappa shape index (κ1) is 18.2. The highest BCUT2D eigenvalue weighted by atomic mass is 35.5. The van der Waals surface area contributed by atoms with Gasteiger partial charge in [0, 0.05) is 25.8 Å². The first-order valence-electron chi connectivity index (χ1n) is 8.07. The number of rotatable bonds is 9. The Balaban J connectivity index is 2.78. The van der Waals surface area contributed by atoms with Gasteiger partial charge in [-0.05, 0) is 36.9 Å². The lowest BCUT2D eigenvalue weighted by Crippen LogP contribution is -2.29. The molecule has 0 spiro atoms. The zero-order valence-corrected chi connectivity index (χ0v) is 14.9. The Hall–Kier alpha value is -0.800. The molecule has 0 saturated heterocycles. The number of anilines is 1. The fourth-order valence-corrected chi connectivity index (χ4v) is 2.33. The summed E-state index contributed by atoms with van der Waals surface area (Å²) in [5.74, 6) is 2.34. The Morgan fingerprint density at radius 3 is 2.57 bits per heavy atom. The van der Waals surface area contributed by atoms with Crippen LogP contribution < -0.4 is 10.2 Å². The normalized spacial score (nSPS) is 12.7. The van der Waals surface area contributed by atoms with E-state index in [0.717, 1.165) is 42.6 Å². The van der Waals surface area contributed by atoms with Crippen LogP contribution in [0.4, 0.5) is 5.82 Å². The molecule has 21 heavy (non-hydrogen) atoms. The molecule has 0 fully saturated rings. The first-order chi connectivity index (χ1) is 9.97. The van der Waals surface area contributed by atoms with E-state index < -0.39 is 0 Å². The summed E-state index contributed by atoms with van der Waals surface area (Å²) in [4.78, 5) is 6.84. The van der Waals surface area contributed by atoms with Crippen LogP contribution in [0.2, 0.25) is 5.02 Å². The van der Waals surface area contributed by atoms with E-state index in [4.69, 9.17) is 11.6 Å². The fourth-order valence-electron chi connectivity index (χ4n) is 2.16.